The first kappa shape index (κ1) is 15.1. The van der Waals surface area contributed by atoms with Gasteiger partial charge in [0, 0.05) is 18.7 Å². The Morgan fingerprint density at radius 3 is 2.75 bits per heavy atom. The summed E-state index contributed by atoms with van der Waals surface area (Å²) in [4.78, 5) is 2.33. The number of benzene rings is 1. The van der Waals surface area contributed by atoms with Crippen LogP contribution in [-0.4, -0.2) is 43.9 Å². The zero-order valence-electron chi connectivity index (χ0n) is 12.6. The van der Waals surface area contributed by atoms with Crippen LogP contribution in [0.5, 0.6) is 11.5 Å². The Morgan fingerprint density at radius 2 is 2.15 bits per heavy atom. The van der Waals surface area contributed by atoms with Crippen LogP contribution in [0, 0.1) is 5.92 Å². The first-order valence-electron chi connectivity index (χ1n) is 7.30. The van der Waals surface area contributed by atoms with Crippen molar-refractivity contribution < 1.29 is 14.6 Å². The molecular weight excluding hydrogens is 254 g/mol. The number of aliphatic hydroxyl groups excluding tert-OH is 1. The van der Waals surface area contributed by atoms with Gasteiger partial charge in [-0.1, -0.05) is 13.3 Å². The monoisotopic (exact) mass is 279 g/mol. The van der Waals surface area contributed by atoms with E-state index in [1.807, 2.05) is 18.2 Å². The average molecular weight is 279 g/mol. The van der Waals surface area contributed by atoms with Crippen molar-refractivity contribution in [2.75, 3.05) is 33.9 Å². The van der Waals surface area contributed by atoms with Crippen molar-refractivity contribution in [1.29, 1.82) is 0 Å². The SMILES string of the molecule is CCC1CCN(CC(O)c2cc(OC)ccc2OC)C1. The maximum Gasteiger partial charge on any atom is 0.124 e. The van der Waals surface area contributed by atoms with Crippen LogP contribution >= 0.6 is 0 Å². The second kappa shape index (κ2) is 6.95. The molecule has 0 radical (unpaired) electrons. The Morgan fingerprint density at radius 1 is 1.35 bits per heavy atom. The molecule has 2 atom stereocenters. The second-order valence-corrected chi connectivity index (χ2v) is 5.45. The lowest BCUT2D eigenvalue weighted by atomic mass is 10.1. The van der Waals surface area contributed by atoms with Crippen molar-refractivity contribution in [1.82, 2.24) is 4.90 Å². The fraction of sp³-hybridized carbons (Fsp3) is 0.625. The number of β-amino-alcohol motifs (C(OH)–C–C–N with tert-alkyl or cyclic N) is 1. The second-order valence-electron chi connectivity index (χ2n) is 5.45. The van der Waals surface area contributed by atoms with Crippen molar-refractivity contribution in [3.63, 3.8) is 0 Å². The van der Waals surface area contributed by atoms with E-state index in [0.717, 1.165) is 30.3 Å². The molecule has 2 rings (SSSR count). The third-order valence-electron chi connectivity index (χ3n) is 4.17. The molecule has 1 N–H and O–H groups in total. The predicted molar refractivity (Wildman–Crippen MR) is 79.3 cm³/mol. The van der Waals surface area contributed by atoms with E-state index in [0.29, 0.717) is 12.3 Å². The van der Waals surface area contributed by atoms with Gasteiger partial charge in [-0.2, -0.15) is 0 Å². The summed E-state index contributed by atoms with van der Waals surface area (Å²) in [6, 6.07) is 5.55. The number of hydrogen-bond donors (Lipinski definition) is 1. The minimum atomic E-state index is -0.546. The normalized spacial score (nSPS) is 20.9. The van der Waals surface area contributed by atoms with Gasteiger partial charge in [0.2, 0.25) is 0 Å². The number of hydrogen-bond acceptors (Lipinski definition) is 4. The zero-order chi connectivity index (χ0) is 14.5. The van der Waals surface area contributed by atoms with Gasteiger partial charge in [-0.15, -0.1) is 0 Å². The standard InChI is InChI=1S/C16H25NO3/c1-4-12-7-8-17(10-12)11-15(18)14-9-13(19-2)5-6-16(14)20-3/h5-6,9,12,15,18H,4,7-8,10-11H2,1-3H3. The Kier molecular flexibility index (Phi) is 5.26. The molecule has 2 unspecified atom stereocenters. The van der Waals surface area contributed by atoms with Crippen molar-refractivity contribution in [3.8, 4) is 11.5 Å². The van der Waals surface area contributed by atoms with Gasteiger partial charge in [0.25, 0.3) is 0 Å². The molecule has 4 nitrogen and oxygen atoms in total. The molecular formula is C16H25NO3. The average Bonchev–Trinajstić information content (AvgIpc) is 2.94. The van der Waals surface area contributed by atoms with Crippen LogP contribution < -0.4 is 9.47 Å². The van der Waals surface area contributed by atoms with E-state index >= 15 is 0 Å². The summed E-state index contributed by atoms with van der Waals surface area (Å²) < 4.78 is 10.6. The van der Waals surface area contributed by atoms with Crippen LogP contribution in [0.3, 0.4) is 0 Å². The Labute approximate surface area is 121 Å². The first-order chi connectivity index (χ1) is 9.67. The molecule has 0 amide bonds. The quantitative estimate of drug-likeness (QED) is 0.868. The largest absolute Gasteiger partial charge is 0.497 e. The molecule has 1 aliphatic heterocycles. The molecule has 1 aliphatic rings. The molecule has 1 saturated heterocycles. The highest BCUT2D eigenvalue weighted by atomic mass is 16.5. The molecule has 0 aliphatic carbocycles. The van der Waals surface area contributed by atoms with Crippen molar-refractivity contribution in [2.24, 2.45) is 5.92 Å². The molecule has 4 heteroatoms. The van der Waals surface area contributed by atoms with E-state index in [-0.39, 0.29) is 0 Å². The zero-order valence-corrected chi connectivity index (χ0v) is 12.6. The van der Waals surface area contributed by atoms with Gasteiger partial charge in [-0.25, -0.2) is 0 Å². The third kappa shape index (κ3) is 3.44. The summed E-state index contributed by atoms with van der Waals surface area (Å²) in [6.07, 6.45) is 1.91. The predicted octanol–water partition coefficient (Wildman–Crippen LogP) is 2.47. The maximum atomic E-state index is 10.5. The highest BCUT2D eigenvalue weighted by Crippen LogP contribution is 2.31. The van der Waals surface area contributed by atoms with Gasteiger partial charge in [-0.3, -0.25) is 0 Å². The molecule has 1 heterocycles. The van der Waals surface area contributed by atoms with Crippen molar-refractivity contribution in [2.45, 2.75) is 25.9 Å². The lowest BCUT2D eigenvalue weighted by Crippen LogP contribution is -2.26. The van der Waals surface area contributed by atoms with Gasteiger partial charge in [0.15, 0.2) is 0 Å². The lowest BCUT2D eigenvalue weighted by Gasteiger charge is -2.22. The number of methoxy groups -OCH3 is 2. The fourth-order valence-corrected chi connectivity index (χ4v) is 2.85. The van der Waals surface area contributed by atoms with Crippen LogP contribution in [-0.2, 0) is 0 Å². The molecule has 20 heavy (non-hydrogen) atoms. The Bertz CT molecular complexity index is 436. The summed E-state index contributed by atoms with van der Waals surface area (Å²) in [6.45, 7) is 5.04. The van der Waals surface area contributed by atoms with Gasteiger partial charge in [0.05, 0.1) is 20.3 Å². The van der Waals surface area contributed by atoms with E-state index in [9.17, 15) is 5.11 Å². The number of aliphatic hydroxyl groups is 1. The molecule has 0 aromatic heterocycles. The summed E-state index contributed by atoms with van der Waals surface area (Å²) in [5.41, 5.74) is 0.798. The van der Waals surface area contributed by atoms with Gasteiger partial charge >= 0.3 is 0 Å². The Hall–Kier alpha value is -1.26. The minimum Gasteiger partial charge on any atom is -0.497 e. The minimum absolute atomic E-state index is 0.546. The number of likely N-dealkylation sites (tertiary alicyclic amines) is 1. The molecule has 0 saturated carbocycles. The molecule has 1 fully saturated rings. The van der Waals surface area contributed by atoms with E-state index in [2.05, 4.69) is 11.8 Å². The maximum absolute atomic E-state index is 10.5. The molecule has 112 valence electrons. The number of rotatable bonds is 6. The van der Waals surface area contributed by atoms with E-state index in [1.165, 1.54) is 12.8 Å². The summed E-state index contributed by atoms with van der Waals surface area (Å²) in [7, 11) is 3.26. The van der Waals surface area contributed by atoms with Crippen LogP contribution in [0.4, 0.5) is 0 Å². The Balaban J connectivity index is 2.06. The van der Waals surface area contributed by atoms with Crippen molar-refractivity contribution in [3.05, 3.63) is 23.8 Å². The molecule has 1 aromatic carbocycles. The molecule has 1 aromatic rings. The van der Waals surface area contributed by atoms with Gasteiger partial charge in [0.1, 0.15) is 11.5 Å². The number of ether oxygens (including phenoxy) is 2. The third-order valence-corrected chi connectivity index (χ3v) is 4.17. The molecule has 0 bridgehead atoms. The summed E-state index contributed by atoms with van der Waals surface area (Å²) >= 11 is 0. The van der Waals surface area contributed by atoms with E-state index < -0.39 is 6.10 Å². The van der Waals surface area contributed by atoms with Crippen LogP contribution in [0.25, 0.3) is 0 Å². The van der Waals surface area contributed by atoms with E-state index in [1.54, 1.807) is 14.2 Å². The van der Waals surface area contributed by atoms with E-state index in [4.69, 9.17) is 9.47 Å². The highest BCUT2D eigenvalue weighted by Gasteiger charge is 2.24. The molecule has 0 spiro atoms. The highest BCUT2D eigenvalue weighted by molar-refractivity contribution is 5.41. The lowest BCUT2D eigenvalue weighted by molar-refractivity contribution is 0.121. The summed E-state index contributed by atoms with van der Waals surface area (Å²) in [5, 5.41) is 10.5. The summed E-state index contributed by atoms with van der Waals surface area (Å²) in [5.74, 6) is 2.23. The van der Waals surface area contributed by atoms with Crippen LogP contribution in [0.2, 0.25) is 0 Å². The topological polar surface area (TPSA) is 41.9 Å². The van der Waals surface area contributed by atoms with Crippen LogP contribution in [0.1, 0.15) is 31.4 Å². The van der Waals surface area contributed by atoms with Gasteiger partial charge < -0.3 is 19.5 Å². The fourth-order valence-electron chi connectivity index (χ4n) is 2.85. The number of nitrogens with zero attached hydrogens (tertiary/aromatic N) is 1. The first-order valence-corrected chi connectivity index (χ1v) is 7.30. The smallest absolute Gasteiger partial charge is 0.124 e. The van der Waals surface area contributed by atoms with Gasteiger partial charge in [-0.05, 0) is 37.1 Å². The van der Waals surface area contributed by atoms with Crippen molar-refractivity contribution >= 4 is 0 Å². The van der Waals surface area contributed by atoms with Crippen LogP contribution in [0.15, 0.2) is 18.2 Å².